The average Bonchev–Trinajstić information content (AvgIpc) is 2.64. The van der Waals surface area contributed by atoms with Crippen LogP contribution in [0.3, 0.4) is 0 Å². The molecule has 1 aliphatic heterocycles. The van der Waals surface area contributed by atoms with Crippen molar-refractivity contribution in [2.45, 2.75) is 13.0 Å². The molecular formula is C20H20FN3O. The molecule has 0 saturated carbocycles. The third kappa shape index (κ3) is 3.70. The molecule has 1 aliphatic rings. The summed E-state index contributed by atoms with van der Waals surface area (Å²) in [6, 6.07) is 15.7. The van der Waals surface area contributed by atoms with E-state index in [1.807, 2.05) is 31.2 Å². The Balaban J connectivity index is 1.68. The van der Waals surface area contributed by atoms with Gasteiger partial charge in [-0.15, -0.1) is 0 Å². The van der Waals surface area contributed by atoms with Gasteiger partial charge in [-0.1, -0.05) is 30.3 Å². The van der Waals surface area contributed by atoms with Gasteiger partial charge in [0, 0.05) is 31.7 Å². The van der Waals surface area contributed by atoms with Crippen LogP contribution >= 0.6 is 0 Å². The Kier molecular flexibility index (Phi) is 5.11. The van der Waals surface area contributed by atoms with Gasteiger partial charge in [0.1, 0.15) is 11.9 Å². The van der Waals surface area contributed by atoms with Gasteiger partial charge in [-0.3, -0.25) is 9.69 Å². The zero-order valence-corrected chi connectivity index (χ0v) is 14.2. The van der Waals surface area contributed by atoms with E-state index in [1.165, 1.54) is 12.1 Å². The molecule has 5 heteroatoms. The second-order valence-electron chi connectivity index (χ2n) is 6.23. The fourth-order valence-electron chi connectivity index (χ4n) is 3.23. The van der Waals surface area contributed by atoms with E-state index < -0.39 is 5.82 Å². The van der Waals surface area contributed by atoms with Crippen LogP contribution in [0.25, 0.3) is 0 Å². The smallest absolute Gasteiger partial charge is 0.254 e. The van der Waals surface area contributed by atoms with Crippen LogP contribution < -0.4 is 0 Å². The first-order chi connectivity index (χ1) is 12.1. The standard InChI is InChI=1S/C20H20FN3O/c1-15-5-2-3-8-18(15)19(14-22)23-9-11-24(12-10-23)20(25)16-6-4-7-17(21)13-16/h2-8,13,19H,9-12H2,1H3. The minimum atomic E-state index is -0.409. The lowest BCUT2D eigenvalue weighted by atomic mass is 10.0. The molecule has 1 amide bonds. The number of aryl methyl sites for hydroxylation is 1. The summed E-state index contributed by atoms with van der Waals surface area (Å²) in [4.78, 5) is 16.3. The fraction of sp³-hybridized carbons (Fsp3) is 0.300. The molecule has 0 aliphatic carbocycles. The van der Waals surface area contributed by atoms with Gasteiger partial charge in [-0.2, -0.15) is 5.26 Å². The molecule has 25 heavy (non-hydrogen) atoms. The maximum atomic E-state index is 13.3. The fourth-order valence-corrected chi connectivity index (χ4v) is 3.23. The summed E-state index contributed by atoms with van der Waals surface area (Å²) in [5.74, 6) is -0.572. The van der Waals surface area contributed by atoms with Gasteiger partial charge < -0.3 is 4.90 Å². The summed E-state index contributed by atoms with van der Waals surface area (Å²) in [6.07, 6.45) is 0. The maximum Gasteiger partial charge on any atom is 0.254 e. The highest BCUT2D eigenvalue weighted by Crippen LogP contribution is 2.24. The van der Waals surface area contributed by atoms with E-state index in [2.05, 4.69) is 11.0 Å². The molecule has 1 unspecified atom stereocenters. The van der Waals surface area contributed by atoms with Crippen LogP contribution in [-0.4, -0.2) is 41.9 Å². The number of piperazine rings is 1. The van der Waals surface area contributed by atoms with Crippen molar-refractivity contribution < 1.29 is 9.18 Å². The summed E-state index contributed by atoms with van der Waals surface area (Å²) in [6.45, 7) is 4.30. The number of amides is 1. The highest BCUT2D eigenvalue weighted by Gasteiger charge is 2.28. The largest absolute Gasteiger partial charge is 0.336 e. The second-order valence-corrected chi connectivity index (χ2v) is 6.23. The molecule has 0 N–H and O–H groups in total. The average molecular weight is 337 g/mol. The van der Waals surface area contributed by atoms with Crippen LogP contribution in [0.4, 0.5) is 4.39 Å². The van der Waals surface area contributed by atoms with Crippen LogP contribution in [0.5, 0.6) is 0 Å². The summed E-state index contributed by atoms with van der Waals surface area (Å²) < 4.78 is 13.3. The highest BCUT2D eigenvalue weighted by atomic mass is 19.1. The van der Waals surface area contributed by atoms with Gasteiger partial charge in [0.2, 0.25) is 0 Å². The zero-order chi connectivity index (χ0) is 17.8. The number of hydrogen-bond acceptors (Lipinski definition) is 3. The van der Waals surface area contributed by atoms with Gasteiger partial charge in [0.05, 0.1) is 6.07 Å². The number of hydrogen-bond donors (Lipinski definition) is 0. The van der Waals surface area contributed by atoms with E-state index in [9.17, 15) is 14.4 Å². The molecule has 0 bridgehead atoms. The lowest BCUT2D eigenvalue weighted by Crippen LogP contribution is -2.49. The minimum absolute atomic E-state index is 0.163. The molecule has 2 aromatic carbocycles. The van der Waals surface area contributed by atoms with Gasteiger partial charge in [0.25, 0.3) is 5.91 Å². The first kappa shape index (κ1) is 17.1. The second kappa shape index (κ2) is 7.45. The molecule has 1 heterocycles. The van der Waals surface area contributed by atoms with Gasteiger partial charge in [-0.05, 0) is 36.2 Å². The van der Waals surface area contributed by atoms with Gasteiger partial charge in [-0.25, -0.2) is 4.39 Å². The SMILES string of the molecule is Cc1ccccc1C(C#N)N1CCN(C(=O)c2cccc(F)c2)CC1. The molecule has 0 aromatic heterocycles. The molecule has 2 aromatic rings. The number of carbonyl (C=O) groups is 1. The van der Waals surface area contributed by atoms with Crippen molar-refractivity contribution in [2.24, 2.45) is 0 Å². The monoisotopic (exact) mass is 337 g/mol. The molecule has 1 atom stereocenters. The molecule has 0 spiro atoms. The van der Waals surface area contributed by atoms with E-state index in [-0.39, 0.29) is 11.9 Å². The third-order valence-electron chi connectivity index (χ3n) is 4.64. The van der Waals surface area contributed by atoms with Gasteiger partial charge >= 0.3 is 0 Å². The summed E-state index contributed by atoms with van der Waals surface area (Å²) in [5.41, 5.74) is 2.46. The van der Waals surface area contributed by atoms with Crippen LogP contribution in [0.1, 0.15) is 27.5 Å². The Morgan fingerprint density at radius 2 is 1.84 bits per heavy atom. The van der Waals surface area contributed by atoms with Crippen molar-refractivity contribution in [3.05, 3.63) is 71.0 Å². The van der Waals surface area contributed by atoms with Crippen LogP contribution in [0.2, 0.25) is 0 Å². The van der Waals surface area contributed by atoms with E-state index in [0.717, 1.165) is 11.1 Å². The molecule has 1 fully saturated rings. The lowest BCUT2D eigenvalue weighted by Gasteiger charge is -2.37. The Bertz CT molecular complexity index is 807. The van der Waals surface area contributed by atoms with E-state index >= 15 is 0 Å². The Morgan fingerprint density at radius 1 is 1.12 bits per heavy atom. The summed E-state index contributed by atoms with van der Waals surface area (Å²) in [7, 11) is 0. The maximum absolute atomic E-state index is 13.3. The Hall–Kier alpha value is -2.71. The van der Waals surface area contributed by atoms with Crippen molar-refractivity contribution in [3.8, 4) is 6.07 Å². The number of rotatable bonds is 3. The van der Waals surface area contributed by atoms with E-state index in [1.54, 1.807) is 17.0 Å². The first-order valence-corrected chi connectivity index (χ1v) is 8.34. The van der Waals surface area contributed by atoms with Crippen LogP contribution in [0.15, 0.2) is 48.5 Å². The van der Waals surface area contributed by atoms with Crippen molar-refractivity contribution in [1.29, 1.82) is 5.26 Å². The molecule has 4 nitrogen and oxygen atoms in total. The van der Waals surface area contributed by atoms with Crippen molar-refractivity contribution in [1.82, 2.24) is 9.80 Å². The molecule has 0 radical (unpaired) electrons. The molecule has 1 saturated heterocycles. The van der Waals surface area contributed by atoms with E-state index in [0.29, 0.717) is 31.7 Å². The Labute approximate surface area is 147 Å². The quantitative estimate of drug-likeness (QED) is 0.864. The van der Waals surface area contributed by atoms with Crippen molar-refractivity contribution in [2.75, 3.05) is 26.2 Å². The molecule has 3 rings (SSSR count). The number of halogens is 1. The predicted molar refractivity (Wildman–Crippen MR) is 93.4 cm³/mol. The summed E-state index contributed by atoms with van der Waals surface area (Å²) >= 11 is 0. The topological polar surface area (TPSA) is 47.3 Å². The predicted octanol–water partition coefficient (Wildman–Crippen LogP) is 3.16. The minimum Gasteiger partial charge on any atom is -0.336 e. The van der Waals surface area contributed by atoms with Crippen molar-refractivity contribution in [3.63, 3.8) is 0 Å². The van der Waals surface area contributed by atoms with Gasteiger partial charge in [0.15, 0.2) is 0 Å². The van der Waals surface area contributed by atoms with Crippen LogP contribution in [0, 0.1) is 24.1 Å². The lowest BCUT2D eigenvalue weighted by molar-refractivity contribution is 0.0605. The first-order valence-electron chi connectivity index (χ1n) is 8.34. The molecule has 128 valence electrons. The summed E-state index contributed by atoms with van der Waals surface area (Å²) in [5, 5.41) is 9.63. The third-order valence-corrected chi connectivity index (χ3v) is 4.64. The number of carbonyl (C=O) groups excluding carboxylic acids is 1. The highest BCUT2D eigenvalue weighted by molar-refractivity contribution is 5.94. The zero-order valence-electron chi connectivity index (χ0n) is 14.2. The number of nitriles is 1. The number of benzene rings is 2. The number of nitrogens with zero attached hydrogens (tertiary/aromatic N) is 3. The van der Waals surface area contributed by atoms with Crippen molar-refractivity contribution >= 4 is 5.91 Å². The Morgan fingerprint density at radius 3 is 2.48 bits per heavy atom. The molecular weight excluding hydrogens is 317 g/mol. The normalized spacial score (nSPS) is 16.3. The van der Waals surface area contributed by atoms with E-state index in [4.69, 9.17) is 0 Å². The van der Waals surface area contributed by atoms with Crippen LogP contribution in [-0.2, 0) is 0 Å².